The third kappa shape index (κ3) is 1.87. The maximum absolute atomic E-state index is 11.7. The number of hydrogen-bond donors (Lipinski definition) is 1. The van der Waals surface area contributed by atoms with Crippen LogP contribution in [0.25, 0.3) is 5.76 Å². The number of rotatable bonds is 2. The molecule has 0 unspecified atom stereocenters. The summed E-state index contributed by atoms with van der Waals surface area (Å²) in [7, 11) is 0. The van der Waals surface area contributed by atoms with Crippen LogP contribution < -0.4 is 0 Å². The SMILES string of the molecule is CC[C@@H]1CCC(=O)C1=C(O)c1ccccc1. The molecule has 2 heteroatoms. The molecular formula is C14H16O2. The Morgan fingerprint density at radius 3 is 2.69 bits per heavy atom. The first-order valence-electron chi connectivity index (χ1n) is 5.75. The summed E-state index contributed by atoms with van der Waals surface area (Å²) < 4.78 is 0. The number of ketones is 1. The van der Waals surface area contributed by atoms with Crippen LogP contribution in [0.5, 0.6) is 0 Å². The van der Waals surface area contributed by atoms with E-state index < -0.39 is 0 Å². The van der Waals surface area contributed by atoms with E-state index in [1.165, 1.54) is 0 Å². The van der Waals surface area contributed by atoms with E-state index in [2.05, 4.69) is 6.92 Å². The summed E-state index contributed by atoms with van der Waals surface area (Å²) in [5.41, 5.74) is 1.37. The van der Waals surface area contributed by atoms with Crippen LogP contribution in [0, 0.1) is 5.92 Å². The fourth-order valence-corrected chi connectivity index (χ4v) is 2.30. The summed E-state index contributed by atoms with van der Waals surface area (Å²) >= 11 is 0. The molecule has 1 aromatic rings. The predicted octanol–water partition coefficient (Wildman–Crippen LogP) is 3.34. The van der Waals surface area contributed by atoms with Crippen molar-refractivity contribution in [1.82, 2.24) is 0 Å². The Bertz CT molecular complexity index is 418. The Balaban J connectivity index is 2.43. The van der Waals surface area contributed by atoms with Crippen molar-refractivity contribution >= 4 is 11.5 Å². The standard InChI is InChI=1S/C14H16O2/c1-2-10-8-9-12(15)13(10)14(16)11-6-4-3-5-7-11/h3-7,10,16H,2,8-9H2,1H3/t10-/m1/s1. The second-order valence-corrected chi connectivity index (χ2v) is 4.20. The number of carbonyl (C=O) groups is 1. The van der Waals surface area contributed by atoms with Gasteiger partial charge in [-0.25, -0.2) is 0 Å². The normalized spacial score (nSPS) is 23.6. The Morgan fingerprint density at radius 1 is 1.38 bits per heavy atom. The summed E-state index contributed by atoms with van der Waals surface area (Å²) in [6.07, 6.45) is 2.37. The third-order valence-electron chi connectivity index (χ3n) is 3.22. The summed E-state index contributed by atoms with van der Waals surface area (Å²) in [5, 5.41) is 10.2. The number of allylic oxidation sites excluding steroid dienone is 1. The number of aliphatic hydroxyl groups is 1. The summed E-state index contributed by atoms with van der Waals surface area (Å²) in [6, 6.07) is 9.30. The monoisotopic (exact) mass is 216 g/mol. The van der Waals surface area contributed by atoms with Crippen molar-refractivity contribution < 1.29 is 9.90 Å². The lowest BCUT2D eigenvalue weighted by Gasteiger charge is -2.10. The van der Waals surface area contributed by atoms with Crippen LogP contribution >= 0.6 is 0 Å². The van der Waals surface area contributed by atoms with E-state index in [9.17, 15) is 9.90 Å². The van der Waals surface area contributed by atoms with E-state index in [0.717, 1.165) is 18.4 Å². The highest BCUT2D eigenvalue weighted by molar-refractivity contribution is 6.03. The summed E-state index contributed by atoms with van der Waals surface area (Å²) in [5.74, 6) is 0.510. The Kier molecular flexibility index (Phi) is 3.09. The second-order valence-electron chi connectivity index (χ2n) is 4.20. The second kappa shape index (κ2) is 4.52. The van der Waals surface area contributed by atoms with Gasteiger partial charge < -0.3 is 5.11 Å². The first kappa shape index (κ1) is 10.9. The summed E-state index contributed by atoms with van der Waals surface area (Å²) in [6.45, 7) is 2.06. The van der Waals surface area contributed by atoms with Crippen molar-refractivity contribution in [2.45, 2.75) is 26.2 Å². The molecular weight excluding hydrogens is 200 g/mol. The number of benzene rings is 1. The zero-order chi connectivity index (χ0) is 11.5. The topological polar surface area (TPSA) is 37.3 Å². The van der Waals surface area contributed by atoms with Gasteiger partial charge in [-0.2, -0.15) is 0 Å². The fraction of sp³-hybridized carbons (Fsp3) is 0.357. The molecule has 0 amide bonds. The van der Waals surface area contributed by atoms with Crippen molar-refractivity contribution in [3.05, 3.63) is 41.5 Å². The van der Waals surface area contributed by atoms with E-state index in [0.29, 0.717) is 12.0 Å². The molecule has 1 saturated carbocycles. The number of aliphatic hydroxyl groups excluding tert-OH is 1. The maximum Gasteiger partial charge on any atom is 0.162 e. The Labute approximate surface area is 95.6 Å². The van der Waals surface area contributed by atoms with Gasteiger partial charge in [0.05, 0.1) is 0 Å². The average molecular weight is 216 g/mol. The zero-order valence-electron chi connectivity index (χ0n) is 9.44. The molecule has 16 heavy (non-hydrogen) atoms. The van der Waals surface area contributed by atoms with Crippen LogP contribution in [-0.2, 0) is 4.79 Å². The molecule has 1 aromatic carbocycles. The maximum atomic E-state index is 11.7. The van der Waals surface area contributed by atoms with Gasteiger partial charge in [-0.1, -0.05) is 37.3 Å². The van der Waals surface area contributed by atoms with Crippen molar-refractivity contribution in [3.63, 3.8) is 0 Å². The van der Waals surface area contributed by atoms with Crippen LogP contribution in [0.4, 0.5) is 0 Å². The van der Waals surface area contributed by atoms with Gasteiger partial charge in [0.2, 0.25) is 0 Å². The van der Waals surface area contributed by atoms with E-state index >= 15 is 0 Å². The lowest BCUT2D eigenvalue weighted by molar-refractivity contribution is -0.114. The minimum atomic E-state index is 0.105. The highest BCUT2D eigenvalue weighted by Crippen LogP contribution is 2.35. The van der Waals surface area contributed by atoms with Gasteiger partial charge in [0.15, 0.2) is 5.78 Å². The van der Waals surface area contributed by atoms with Crippen LogP contribution in [0.1, 0.15) is 31.7 Å². The first-order chi connectivity index (χ1) is 7.74. The number of carbonyl (C=O) groups excluding carboxylic acids is 1. The van der Waals surface area contributed by atoms with E-state index in [1.54, 1.807) is 0 Å². The lowest BCUT2D eigenvalue weighted by atomic mass is 9.96. The van der Waals surface area contributed by atoms with Crippen molar-refractivity contribution in [2.24, 2.45) is 5.92 Å². The van der Waals surface area contributed by atoms with Crippen molar-refractivity contribution in [2.75, 3.05) is 0 Å². The Hall–Kier alpha value is -1.57. The molecule has 2 rings (SSSR count). The average Bonchev–Trinajstić information content (AvgIpc) is 2.70. The molecule has 1 atom stereocenters. The molecule has 0 aliphatic heterocycles. The van der Waals surface area contributed by atoms with Crippen LogP contribution in [0.15, 0.2) is 35.9 Å². The molecule has 84 valence electrons. The van der Waals surface area contributed by atoms with Crippen LogP contribution in [0.3, 0.4) is 0 Å². The van der Waals surface area contributed by atoms with Gasteiger partial charge in [-0.05, 0) is 18.8 Å². The molecule has 1 aliphatic rings. The molecule has 1 N–H and O–H groups in total. The van der Waals surface area contributed by atoms with Crippen molar-refractivity contribution in [1.29, 1.82) is 0 Å². The quantitative estimate of drug-likeness (QED) is 0.608. The van der Waals surface area contributed by atoms with Gasteiger partial charge in [-0.3, -0.25) is 4.79 Å². The zero-order valence-corrected chi connectivity index (χ0v) is 9.44. The van der Waals surface area contributed by atoms with Gasteiger partial charge in [0, 0.05) is 17.6 Å². The molecule has 1 fully saturated rings. The molecule has 0 heterocycles. The van der Waals surface area contributed by atoms with E-state index in [4.69, 9.17) is 0 Å². The lowest BCUT2D eigenvalue weighted by Crippen LogP contribution is -2.04. The van der Waals surface area contributed by atoms with Gasteiger partial charge >= 0.3 is 0 Å². The summed E-state index contributed by atoms with van der Waals surface area (Å²) in [4.78, 5) is 11.7. The van der Waals surface area contributed by atoms with Gasteiger partial charge in [-0.15, -0.1) is 0 Å². The molecule has 2 nitrogen and oxygen atoms in total. The highest BCUT2D eigenvalue weighted by Gasteiger charge is 2.30. The minimum Gasteiger partial charge on any atom is -0.507 e. The minimum absolute atomic E-state index is 0.105. The predicted molar refractivity (Wildman–Crippen MR) is 64.0 cm³/mol. The first-order valence-corrected chi connectivity index (χ1v) is 5.75. The smallest absolute Gasteiger partial charge is 0.162 e. The van der Waals surface area contributed by atoms with Crippen LogP contribution in [-0.4, -0.2) is 10.9 Å². The third-order valence-corrected chi connectivity index (χ3v) is 3.22. The Morgan fingerprint density at radius 2 is 2.06 bits per heavy atom. The number of Topliss-reactive ketones (excluding diaryl/α,β-unsaturated/α-hetero) is 1. The number of hydrogen-bond acceptors (Lipinski definition) is 2. The molecule has 0 bridgehead atoms. The highest BCUT2D eigenvalue weighted by atomic mass is 16.3. The van der Waals surface area contributed by atoms with Gasteiger partial charge in [0.1, 0.15) is 5.76 Å². The van der Waals surface area contributed by atoms with Crippen LogP contribution in [0.2, 0.25) is 0 Å². The van der Waals surface area contributed by atoms with E-state index in [-0.39, 0.29) is 17.5 Å². The molecule has 1 aliphatic carbocycles. The molecule has 0 aromatic heterocycles. The van der Waals surface area contributed by atoms with Crippen molar-refractivity contribution in [3.8, 4) is 0 Å². The van der Waals surface area contributed by atoms with Gasteiger partial charge in [0.25, 0.3) is 0 Å². The van der Waals surface area contributed by atoms with E-state index in [1.807, 2.05) is 30.3 Å². The molecule has 0 radical (unpaired) electrons. The largest absolute Gasteiger partial charge is 0.507 e. The molecule has 0 saturated heterocycles. The molecule has 0 spiro atoms. The fourth-order valence-electron chi connectivity index (χ4n) is 2.30.